The molecule has 1 amide bonds. The second-order valence-corrected chi connectivity index (χ2v) is 9.06. The van der Waals surface area contributed by atoms with Crippen molar-refractivity contribution < 1.29 is 14.6 Å². The molecule has 0 saturated carbocycles. The molecule has 2 unspecified atom stereocenters. The van der Waals surface area contributed by atoms with Crippen LogP contribution < -0.4 is 4.74 Å². The molecule has 10 nitrogen and oxygen atoms in total. The molecular weight excluding hydrogens is 398 g/mol. The Morgan fingerprint density at radius 1 is 1.32 bits per heavy atom. The van der Waals surface area contributed by atoms with Crippen LogP contribution in [0.2, 0.25) is 0 Å². The van der Waals surface area contributed by atoms with Gasteiger partial charge < -0.3 is 19.3 Å². The van der Waals surface area contributed by atoms with E-state index in [9.17, 15) is 9.90 Å². The number of nitrogens with zero attached hydrogens (tertiary/aromatic N) is 7. The van der Waals surface area contributed by atoms with Crippen molar-refractivity contribution in [3.63, 3.8) is 0 Å². The molecule has 3 aromatic rings. The smallest absolute Gasteiger partial charge is 0.407 e. The van der Waals surface area contributed by atoms with Crippen LogP contribution in [0.15, 0.2) is 12.4 Å². The summed E-state index contributed by atoms with van der Waals surface area (Å²) in [4.78, 5) is 26.7. The predicted molar refractivity (Wildman–Crippen MR) is 115 cm³/mol. The number of carbonyl (C=O) groups is 1. The summed E-state index contributed by atoms with van der Waals surface area (Å²) in [6.45, 7) is 11.3. The second-order valence-electron chi connectivity index (χ2n) is 9.06. The summed E-state index contributed by atoms with van der Waals surface area (Å²) >= 11 is 0. The number of rotatable bonds is 4. The lowest BCUT2D eigenvalue weighted by atomic mass is 9.84. The molecule has 0 bridgehead atoms. The van der Waals surface area contributed by atoms with Crippen molar-refractivity contribution in [2.24, 2.45) is 12.5 Å². The van der Waals surface area contributed by atoms with Crippen LogP contribution in [0.25, 0.3) is 22.7 Å². The third-order valence-corrected chi connectivity index (χ3v) is 5.87. The van der Waals surface area contributed by atoms with Crippen molar-refractivity contribution in [2.75, 3.05) is 6.54 Å². The fourth-order valence-electron chi connectivity index (χ4n) is 4.50. The van der Waals surface area contributed by atoms with Crippen molar-refractivity contribution >= 4 is 17.3 Å². The van der Waals surface area contributed by atoms with E-state index in [1.807, 2.05) is 57.0 Å². The minimum Gasteiger partial charge on any atom is -0.470 e. The molecule has 4 heterocycles. The molecule has 0 aliphatic carbocycles. The van der Waals surface area contributed by atoms with Crippen molar-refractivity contribution in [2.45, 2.75) is 59.7 Å². The number of aromatic nitrogens is 6. The molecule has 0 radical (unpaired) electrons. The lowest BCUT2D eigenvalue weighted by Crippen LogP contribution is -2.48. The molecule has 31 heavy (non-hydrogen) atoms. The Morgan fingerprint density at radius 3 is 2.68 bits per heavy atom. The lowest BCUT2D eigenvalue weighted by Gasteiger charge is -2.36. The van der Waals surface area contributed by atoms with E-state index in [-0.39, 0.29) is 17.6 Å². The van der Waals surface area contributed by atoms with Gasteiger partial charge in [0.15, 0.2) is 17.0 Å². The molecule has 10 heteroatoms. The molecule has 4 rings (SSSR count). The van der Waals surface area contributed by atoms with Crippen molar-refractivity contribution in [1.82, 2.24) is 34.2 Å². The number of carboxylic acid groups (broad SMARTS) is 1. The van der Waals surface area contributed by atoms with E-state index in [0.29, 0.717) is 35.8 Å². The quantitative estimate of drug-likeness (QED) is 0.681. The monoisotopic (exact) mass is 427 g/mol. The van der Waals surface area contributed by atoms with Gasteiger partial charge in [-0.05, 0) is 25.3 Å². The zero-order chi connectivity index (χ0) is 22.5. The fourth-order valence-corrected chi connectivity index (χ4v) is 4.50. The number of likely N-dealkylation sites (tertiary alicyclic amines) is 1. The van der Waals surface area contributed by atoms with Crippen LogP contribution in [0.1, 0.15) is 39.8 Å². The summed E-state index contributed by atoms with van der Waals surface area (Å²) < 4.78 is 10.1. The summed E-state index contributed by atoms with van der Waals surface area (Å²) in [6.07, 6.45) is 0.802. The van der Waals surface area contributed by atoms with Crippen LogP contribution in [0.4, 0.5) is 4.79 Å². The zero-order valence-corrected chi connectivity index (χ0v) is 18.8. The lowest BCUT2D eigenvalue weighted by molar-refractivity contribution is 0.0558. The minimum absolute atomic E-state index is 0.286. The van der Waals surface area contributed by atoms with E-state index in [1.165, 1.54) is 11.2 Å². The molecule has 1 aliphatic heterocycles. The molecule has 1 N–H and O–H groups in total. The van der Waals surface area contributed by atoms with Gasteiger partial charge in [0, 0.05) is 32.3 Å². The highest BCUT2D eigenvalue weighted by molar-refractivity contribution is 5.80. The number of aryl methyl sites for hydroxylation is 3. The van der Waals surface area contributed by atoms with Crippen LogP contribution in [0.5, 0.6) is 5.88 Å². The van der Waals surface area contributed by atoms with Gasteiger partial charge in [-0.25, -0.2) is 14.8 Å². The highest BCUT2D eigenvalue weighted by atomic mass is 16.5. The maximum atomic E-state index is 11.7. The topological polar surface area (TPSA) is 111 Å². The summed E-state index contributed by atoms with van der Waals surface area (Å²) in [6, 6.07) is 1.71. The fraction of sp³-hybridized carbons (Fsp3) is 0.571. The Labute approximate surface area is 180 Å². The largest absolute Gasteiger partial charge is 0.470 e. The van der Waals surface area contributed by atoms with Crippen molar-refractivity contribution in [1.29, 1.82) is 0 Å². The number of amides is 1. The van der Waals surface area contributed by atoms with Gasteiger partial charge in [-0.15, -0.1) is 0 Å². The number of hydrogen-bond donors (Lipinski definition) is 1. The van der Waals surface area contributed by atoms with Gasteiger partial charge in [-0.3, -0.25) is 4.68 Å². The highest BCUT2D eigenvalue weighted by Gasteiger charge is 2.45. The number of imidazole rings is 1. The Hall–Kier alpha value is -3.17. The first kappa shape index (κ1) is 21.1. The third-order valence-electron chi connectivity index (χ3n) is 5.87. The molecule has 0 aromatic carbocycles. The van der Waals surface area contributed by atoms with Crippen LogP contribution in [0, 0.1) is 12.3 Å². The first-order chi connectivity index (χ1) is 14.6. The van der Waals surface area contributed by atoms with E-state index in [4.69, 9.17) is 9.72 Å². The van der Waals surface area contributed by atoms with E-state index in [2.05, 4.69) is 15.1 Å². The van der Waals surface area contributed by atoms with E-state index < -0.39 is 6.09 Å². The molecule has 3 aromatic heterocycles. The van der Waals surface area contributed by atoms with Crippen LogP contribution in [-0.4, -0.2) is 64.1 Å². The van der Waals surface area contributed by atoms with Gasteiger partial charge in [0.1, 0.15) is 18.1 Å². The third kappa shape index (κ3) is 3.60. The summed E-state index contributed by atoms with van der Waals surface area (Å²) in [5.41, 5.74) is 2.72. The average molecular weight is 428 g/mol. The summed E-state index contributed by atoms with van der Waals surface area (Å²) in [5, 5.41) is 14.3. The molecule has 0 spiro atoms. The van der Waals surface area contributed by atoms with Gasteiger partial charge in [0.2, 0.25) is 5.88 Å². The van der Waals surface area contributed by atoms with Crippen molar-refractivity contribution in [3.05, 3.63) is 18.1 Å². The molecule has 2 atom stereocenters. The molecule has 1 saturated heterocycles. The minimum atomic E-state index is -0.930. The first-order valence-corrected chi connectivity index (χ1v) is 10.5. The first-order valence-electron chi connectivity index (χ1n) is 10.5. The summed E-state index contributed by atoms with van der Waals surface area (Å²) in [5.74, 6) is 1.05. The van der Waals surface area contributed by atoms with E-state index in [0.717, 1.165) is 17.9 Å². The van der Waals surface area contributed by atoms with Gasteiger partial charge >= 0.3 is 6.09 Å². The number of ether oxygens (including phenoxy) is 1. The maximum Gasteiger partial charge on any atom is 0.407 e. The van der Waals surface area contributed by atoms with E-state index >= 15 is 0 Å². The van der Waals surface area contributed by atoms with Crippen LogP contribution >= 0.6 is 0 Å². The predicted octanol–water partition coefficient (Wildman–Crippen LogP) is 3.10. The number of hydrogen-bond acceptors (Lipinski definition) is 6. The average Bonchev–Trinajstić information content (AvgIpc) is 3.37. The standard InChI is InChI=1S/C21H29N7O3/c1-7-28-12(2)10-13(25-28)17-24-15-18(26(17)6)22-11-23-19(15)31-14-8-9-27(20(29)30)16(14)21(3,4)5/h10-11,14,16H,7-9H2,1-6H3,(H,29,30). The Morgan fingerprint density at radius 2 is 2.06 bits per heavy atom. The molecule has 166 valence electrons. The Bertz CT molecular complexity index is 1130. The van der Waals surface area contributed by atoms with E-state index in [1.54, 1.807) is 0 Å². The second kappa shape index (κ2) is 7.51. The van der Waals surface area contributed by atoms with Crippen molar-refractivity contribution in [3.8, 4) is 17.4 Å². The number of fused-ring (bicyclic) bond motifs is 1. The normalized spacial score (nSPS) is 19.4. The Balaban J connectivity index is 1.73. The molecular formula is C21H29N7O3. The van der Waals surface area contributed by atoms with Gasteiger partial charge in [0.05, 0.1) is 6.04 Å². The molecule has 1 fully saturated rings. The van der Waals surface area contributed by atoms with Gasteiger partial charge in [-0.2, -0.15) is 10.1 Å². The Kier molecular flexibility index (Phi) is 5.10. The van der Waals surface area contributed by atoms with Gasteiger partial charge in [-0.1, -0.05) is 20.8 Å². The maximum absolute atomic E-state index is 11.7. The molecule has 1 aliphatic rings. The summed E-state index contributed by atoms with van der Waals surface area (Å²) in [7, 11) is 1.89. The SMILES string of the molecule is CCn1nc(-c2nc3c(OC4CCN(C(=O)O)C4C(C)(C)C)ncnc3n2C)cc1C. The van der Waals surface area contributed by atoms with Crippen LogP contribution in [0.3, 0.4) is 0 Å². The van der Waals surface area contributed by atoms with Crippen LogP contribution in [-0.2, 0) is 13.6 Å². The zero-order valence-electron chi connectivity index (χ0n) is 18.8. The highest BCUT2D eigenvalue weighted by Crippen LogP contribution is 2.36. The van der Waals surface area contributed by atoms with Gasteiger partial charge in [0.25, 0.3) is 0 Å².